The average Bonchev–Trinajstić information content (AvgIpc) is 3.96. The summed E-state index contributed by atoms with van der Waals surface area (Å²) >= 11 is 3.71. The molecule has 4 nitrogen and oxygen atoms in total. The zero-order valence-electron chi connectivity index (χ0n) is 30.6. The SMILES string of the molecule is c1ccc(C2=NC(c3cccc4c3sc3cccc(-c5ccc6sc7ccc(-n8c9ccccc9c9ccccc98)cc7c6c5)c34)NC(c3ccccc3)=N2)cc1. The van der Waals surface area contributed by atoms with E-state index in [1.807, 2.05) is 46.9 Å². The number of thiophene rings is 2. The Labute approximate surface area is 336 Å². The molecule has 0 spiro atoms. The summed E-state index contributed by atoms with van der Waals surface area (Å²) in [5, 5.41) is 11.4. The Morgan fingerprint density at radius 3 is 1.89 bits per heavy atom. The maximum Gasteiger partial charge on any atom is 0.159 e. The highest BCUT2D eigenvalue weighted by Crippen LogP contribution is 2.45. The maximum absolute atomic E-state index is 5.24. The third-order valence-corrected chi connectivity index (χ3v) is 13.6. The molecule has 0 fully saturated rings. The first kappa shape index (κ1) is 32.4. The van der Waals surface area contributed by atoms with Crippen LogP contribution in [0.4, 0.5) is 0 Å². The first-order chi connectivity index (χ1) is 28.2. The molecule has 11 aromatic rings. The van der Waals surface area contributed by atoms with Crippen molar-refractivity contribution in [2.24, 2.45) is 9.98 Å². The van der Waals surface area contributed by atoms with Crippen LogP contribution in [0.1, 0.15) is 22.9 Å². The van der Waals surface area contributed by atoms with E-state index in [0.29, 0.717) is 0 Å². The second-order valence-electron chi connectivity index (χ2n) is 14.6. The third-order valence-electron chi connectivity index (χ3n) is 11.3. The summed E-state index contributed by atoms with van der Waals surface area (Å²) in [5.41, 5.74) is 9.28. The lowest BCUT2D eigenvalue weighted by atomic mass is 9.97. The van der Waals surface area contributed by atoms with E-state index < -0.39 is 0 Å². The highest BCUT2D eigenvalue weighted by Gasteiger charge is 2.24. The smallest absolute Gasteiger partial charge is 0.159 e. The van der Waals surface area contributed by atoms with E-state index in [0.717, 1.165) is 28.4 Å². The molecule has 1 aliphatic heterocycles. The van der Waals surface area contributed by atoms with E-state index in [2.05, 4.69) is 168 Å². The van der Waals surface area contributed by atoms with Gasteiger partial charge in [0, 0.05) is 73.5 Å². The van der Waals surface area contributed by atoms with Crippen LogP contribution in [0.2, 0.25) is 0 Å². The molecule has 268 valence electrons. The van der Waals surface area contributed by atoms with Gasteiger partial charge in [-0.05, 0) is 59.7 Å². The van der Waals surface area contributed by atoms with E-state index in [1.54, 1.807) is 0 Å². The van der Waals surface area contributed by atoms with Gasteiger partial charge in [0.15, 0.2) is 5.84 Å². The van der Waals surface area contributed by atoms with Crippen LogP contribution >= 0.6 is 22.7 Å². The number of benzene rings is 8. The van der Waals surface area contributed by atoms with Gasteiger partial charge in [-0.25, -0.2) is 9.98 Å². The normalized spacial score (nSPS) is 14.5. The van der Waals surface area contributed by atoms with Crippen LogP contribution < -0.4 is 5.32 Å². The predicted molar refractivity (Wildman–Crippen MR) is 244 cm³/mol. The predicted octanol–water partition coefficient (Wildman–Crippen LogP) is 13.7. The maximum atomic E-state index is 5.24. The van der Waals surface area contributed by atoms with Gasteiger partial charge < -0.3 is 9.88 Å². The molecule has 1 N–H and O–H groups in total. The lowest BCUT2D eigenvalue weighted by molar-refractivity contribution is 0.680. The van der Waals surface area contributed by atoms with Crippen LogP contribution in [0.3, 0.4) is 0 Å². The van der Waals surface area contributed by atoms with Crippen molar-refractivity contribution < 1.29 is 0 Å². The first-order valence-electron chi connectivity index (χ1n) is 19.2. The summed E-state index contributed by atoms with van der Waals surface area (Å²) in [6.45, 7) is 0. The number of hydrogen-bond acceptors (Lipinski definition) is 5. The quantitative estimate of drug-likeness (QED) is 0.186. The van der Waals surface area contributed by atoms with E-state index in [9.17, 15) is 0 Å². The van der Waals surface area contributed by atoms with Crippen LogP contribution in [0.5, 0.6) is 0 Å². The Bertz CT molecular complexity index is 3390. The van der Waals surface area contributed by atoms with Crippen molar-refractivity contribution in [1.82, 2.24) is 9.88 Å². The van der Waals surface area contributed by atoms with Gasteiger partial charge in [-0.15, -0.1) is 22.7 Å². The molecule has 0 bridgehead atoms. The van der Waals surface area contributed by atoms with Crippen molar-refractivity contribution in [3.8, 4) is 16.8 Å². The Morgan fingerprint density at radius 1 is 0.474 bits per heavy atom. The van der Waals surface area contributed by atoms with Gasteiger partial charge in [0.2, 0.25) is 0 Å². The number of hydrogen-bond donors (Lipinski definition) is 1. The molecule has 12 rings (SSSR count). The molecule has 8 aromatic carbocycles. The van der Waals surface area contributed by atoms with Gasteiger partial charge in [0.1, 0.15) is 12.0 Å². The van der Waals surface area contributed by atoms with Gasteiger partial charge in [-0.3, -0.25) is 0 Å². The monoisotopic (exact) mass is 764 g/mol. The molecule has 57 heavy (non-hydrogen) atoms. The number of aromatic nitrogens is 1. The lowest BCUT2D eigenvalue weighted by Crippen LogP contribution is -2.33. The highest BCUT2D eigenvalue weighted by molar-refractivity contribution is 7.26. The fourth-order valence-electron chi connectivity index (χ4n) is 8.67. The Hall–Kier alpha value is -6.86. The largest absolute Gasteiger partial charge is 0.344 e. The zero-order chi connectivity index (χ0) is 37.5. The van der Waals surface area contributed by atoms with E-state index >= 15 is 0 Å². The molecule has 0 amide bonds. The molecule has 3 aromatic heterocycles. The fourth-order valence-corrected chi connectivity index (χ4v) is 11.0. The molecular weight excluding hydrogens is 733 g/mol. The van der Waals surface area contributed by atoms with Crippen LogP contribution in [0.25, 0.3) is 79.0 Å². The number of nitrogens with zero attached hydrogens (tertiary/aromatic N) is 3. The van der Waals surface area contributed by atoms with E-state index in [1.165, 1.54) is 79.0 Å². The molecule has 0 saturated heterocycles. The average molecular weight is 765 g/mol. The second kappa shape index (κ2) is 12.8. The molecule has 0 radical (unpaired) electrons. The topological polar surface area (TPSA) is 41.7 Å². The van der Waals surface area contributed by atoms with Crippen molar-refractivity contribution in [1.29, 1.82) is 0 Å². The lowest BCUT2D eigenvalue weighted by Gasteiger charge is -2.24. The summed E-state index contributed by atoms with van der Waals surface area (Å²) in [6, 6.07) is 65.5. The number of para-hydroxylation sites is 2. The molecular formula is C51H32N4S2. The number of nitrogens with one attached hydrogen (secondary N) is 1. The van der Waals surface area contributed by atoms with Crippen LogP contribution in [0, 0.1) is 0 Å². The third kappa shape index (κ3) is 5.18. The van der Waals surface area contributed by atoms with Crippen molar-refractivity contribution in [3.05, 3.63) is 199 Å². The molecule has 1 unspecified atom stereocenters. The van der Waals surface area contributed by atoms with Gasteiger partial charge in [0.25, 0.3) is 0 Å². The number of rotatable bonds is 5. The molecule has 0 aliphatic carbocycles. The number of fused-ring (bicyclic) bond motifs is 9. The van der Waals surface area contributed by atoms with Crippen molar-refractivity contribution >= 4 is 96.5 Å². The van der Waals surface area contributed by atoms with E-state index in [-0.39, 0.29) is 6.17 Å². The van der Waals surface area contributed by atoms with E-state index in [4.69, 9.17) is 9.98 Å². The highest BCUT2D eigenvalue weighted by atomic mass is 32.1. The summed E-state index contributed by atoms with van der Waals surface area (Å²) in [4.78, 5) is 10.3. The molecule has 6 heteroatoms. The Morgan fingerprint density at radius 2 is 1.12 bits per heavy atom. The fraction of sp³-hybridized carbons (Fsp3) is 0.0196. The zero-order valence-corrected chi connectivity index (χ0v) is 32.2. The van der Waals surface area contributed by atoms with Crippen molar-refractivity contribution in [2.45, 2.75) is 6.17 Å². The summed E-state index contributed by atoms with van der Waals surface area (Å²) in [6.07, 6.45) is -0.301. The summed E-state index contributed by atoms with van der Waals surface area (Å²) < 4.78 is 7.50. The van der Waals surface area contributed by atoms with Gasteiger partial charge in [-0.1, -0.05) is 133 Å². The Kier molecular flexibility index (Phi) is 7.30. The first-order valence-corrected chi connectivity index (χ1v) is 20.8. The minimum absolute atomic E-state index is 0.301. The molecule has 1 aliphatic rings. The molecule has 1 atom stereocenters. The van der Waals surface area contributed by atoms with Crippen LogP contribution in [-0.4, -0.2) is 16.2 Å². The van der Waals surface area contributed by atoms with Crippen LogP contribution in [-0.2, 0) is 0 Å². The number of amidine groups is 2. The summed E-state index contributed by atoms with van der Waals surface area (Å²) in [5.74, 6) is 1.56. The Balaban J connectivity index is 0.999. The van der Waals surface area contributed by atoms with Crippen LogP contribution in [0.15, 0.2) is 192 Å². The summed E-state index contributed by atoms with van der Waals surface area (Å²) in [7, 11) is 0. The molecule has 0 saturated carbocycles. The van der Waals surface area contributed by atoms with Gasteiger partial charge >= 0.3 is 0 Å². The standard InChI is InChI=1S/C51H32N4S2/c1-3-13-31(14-4-1)49-52-50(32-15-5-2-6-16-32)54-51(53-49)39-21-11-20-38-47-35(19-12-24-46(47)57-48(38)39)33-25-27-44-40(29-33)41-30-34(26-28-45(41)56-44)55-42-22-9-7-17-36(42)37-18-8-10-23-43(37)55/h1-30,51H,(H,52,53,54). The van der Waals surface area contributed by atoms with Crippen molar-refractivity contribution in [2.75, 3.05) is 0 Å². The minimum Gasteiger partial charge on any atom is -0.344 e. The van der Waals surface area contributed by atoms with Gasteiger partial charge in [0.05, 0.1) is 11.0 Å². The second-order valence-corrected chi connectivity index (χ2v) is 16.7. The molecule has 4 heterocycles. The minimum atomic E-state index is -0.301. The van der Waals surface area contributed by atoms with Crippen molar-refractivity contribution in [3.63, 3.8) is 0 Å². The van der Waals surface area contributed by atoms with Gasteiger partial charge in [-0.2, -0.15) is 0 Å². The number of aliphatic imine (C=N–C) groups is 2.